The fourth-order valence-electron chi connectivity index (χ4n) is 2.12. The van der Waals surface area contributed by atoms with Gasteiger partial charge in [-0.3, -0.25) is 0 Å². The van der Waals surface area contributed by atoms with Crippen molar-refractivity contribution < 1.29 is 0 Å². The van der Waals surface area contributed by atoms with Crippen molar-refractivity contribution >= 4 is 0 Å². The molecule has 1 nitrogen and oxygen atoms in total. The Labute approximate surface area is 88.5 Å². The zero-order chi connectivity index (χ0) is 10.8. The Hall–Kier alpha value is -0.720. The summed E-state index contributed by atoms with van der Waals surface area (Å²) in [5, 5.41) is 0. The molecule has 2 unspecified atom stereocenters. The maximum absolute atomic E-state index is 2.46. The van der Waals surface area contributed by atoms with Gasteiger partial charge in [0.2, 0.25) is 0 Å². The van der Waals surface area contributed by atoms with Crippen molar-refractivity contribution in [3.05, 3.63) is 24.4 Å². The number of hydrogen-bond donors (Lipinski definition) is 0. The molecular formula is C13H23N. The van der Waals surface area contributed by atoms with Crippen molar-refractivity contribution in [2.75, 3.05) is 0 Å². The lowest BCUT2D eigenvalue weighted by Gasteiger charge is -2.37. The first-order chi connectivity index (χ1) is 6.59. The minimum Gasteiger partial charge on any atom is -0.366 e. The molecule has 2 aliphatic rings. The Balaban J connectivity index is 0.000000461. The summed E-state index contributed by atoms with van der Waals surface area (Å²) in [6.07, 6.45) is 10.5. The Morgan fingerprint density at radius 1 is 1.14 bits per heavy atom. The molecule has 0 spiro atoms. The smallest absolute Gasteiger partial charge is 0.0539 e. The van der Waals surface area contributed by atoms with Gasteiger partial charge in [-0.2, -0.15) is 0 Å². The zero-order valence-corrected chi connectivity index (χ0v) is 10.1. The van der Waals surface area contributed by atoms with E-state index in [1.165, 1.54) is 6.42 Å². The van der Waals surface area contributed by atoms with E-state index in [4.69, 9.17) is 0 Å². The Morgan fingerprint density at radius 2 is 1.79 bits per heavy atom. The molecule has 0 bridgehead atoms. The molecule has 2 rings (SSSR count). The second-order valence-corrected chi connectivity index (χ2v) is 4.74. The normalized spacial score (nSPS) is 28.8. The summed E-state index contributed by atoms with van der Waals surface area (Å²) in [5.74, 6) is 0.754. The number of nitrogens with zero attached hydrogens (tertiary/aromatic N) is 1. The highest BCUT2D eigenvalue weighted by Crippen LogP contribution is 2.35. The maximum Gasteiger partial charge on any atom is 0.0539 e. The topological polar surface area (TPSA) is 3.24 Å². The molecule has 14 heavy (non-hydrogen) atoms. The predicted octanol–water partition coefficient (Wildman–Crippen LogP) is 3.59. The van der Waals surface area contributed by atoms with Crippen LogP contribution in [0.5, 0.6) is 0 Å². The monoisotopic (exact) mass is 193 g/mol. The molecule has 0 N–H and O–H groups in total. The molecule has 1 aliphatic carbocycles. The fourth-order valence-corrected chi connectivity index (χ4v) is 2.12. The molecule has 0 saturated carbocycles. The highest BCUT2D eigenvalue weighted by molar-refractivity contribution is 5.20. The van der Waals surface area contributed by atoms with Crippen LogP contribution in [-0.4, -0.2) is 16.5 Å². The highest BCUT2D eigenvalue weighted by Gasteiger charge is 2.34. The molecule has 2 atom stereocenters. The number of rotatable bonds is 0. The van der Waals surface area contributed by atoms with Crippen LogP contribution < -0.4 is 0 Å². The van der Waals surface area contributed by atoms with Gasteiger partial charge in [0.15, 0.2) is 0 Å². The second-order valence-electron chi connectivity index (χ2n) is 4.74. The van der Waals surface area contributed by atoms with Crippen molar-refractivity contribution in [1.82, 2.24) is 4.90 Å². The number of allylic oxidation sites excluding steroid dienone is 1. The SMILES string of the molecule is CC.CC(C)(C)N1C=CC2CC=CC21. The first kappa shape index (κ1) is 11.4. The molecule has 1 heterocycles. The van der Waals surface area contributed by atoms with Gasteiger partial charge in [0, 0.05) is 11.5 Å². The lowest BCUT2D eigenvalue weighted by Crippen LogP contribution is -2.42. The van der Waals surface area contributed by atoms with Gasteiger partial charge in [0.1, 0.15) is 0 Å². The first-order valence-electron chi connectivity index (χ1n) is 5.72. The average molecular weight is 193 g/mol. The molecule has 0 saturated heterocycles. The van der Waals surface area contributed by atoms with E-state index < -0.39 is 0 Å². The number of hydrogen-bond acceptors (Lipinski definition) is 1. The summed E-state index contributed by atoms with van der Waals surface area (Å²) in [4.78, 5) is 2.46. The molecule has 80 valence electrons. The molecule has 1 heteroatoms. The molecule has 0 aromatic rings. The molecule has 0 amide bonds. The van der Waals surface area contributed by atoms with E-state index in [0.29, 0.717) is 6.04 Å². The average Bonchev–Trinajstić information content (AvgIpc) is 2.64. The molecule has 0 radical (unpaired) electrons. The van der Waals surface area contributed by atoms with E-state index in [0.717, 1.165) is 5.92 Å². The Kier molecular flexibility index (Phi) is 3.41. The van der Waals surface area contributed by atoms with E-state index in [1.807, 2.05) is 13.8 Å². The van der Waals surface area contributed by atoms with Crippen LogP contribution in [0.4, 0.5) is 0 Å². The largest absolute Gasteiger partial charge is 0.366 e. The summed E-state index contributed by atoms with van der Waals surface area (Å²) in [6, 6.07) is 0.644. The second kappa shape index (κ2) is 4.20. The standard InChI is InChI=1S/C11H17N.C2H6/c1-11(2,3)12-8-7-9-5-4-6-10(9)12;1-2/h4,6-10H,5H2,1-3H3;1-2H3. The summed E-state index contributed by atoms with van der Waals surface area (Å²) >= 11 is 0. The van der Waals surface area contributed by atoms with Crippen LogP contribution in [-0.2, 0) is 0 Å². The number of fused-ring (bicyclic) bond motifs is 1. The third-order valence-electron chi connectivity index (χ3n) is 2.77. The van der Waals surface area contributed by atoms with Gasteiger partial charge in [-0.25, -0.2) is 0 Å². The molecule has 0 aromatic heterocycles. The maximum atomic E-state index is 2.46. The van der Waals surface area contributed by atoms with Crippen LogP contribution in [0.15, 0.2) is 24.4 Å². The van der Waals surface area contributed by atoms with Crippen molar-refractivity contribution in [3.8, 4) is 0 Å². The van der Waals surface area contributed by atoms with E-state index in [2.05, 4.69) is 50.1 Å². The fraction of sp³-hybridized carbons (Fsp3) is 0.692. The third-order valence-corrected chi connectivity index (χ3v) is 2.77. The van der Waals surface area contributed by atoms with Crippen LogP contribution in [0.25, 0.3) is 0 Å². The summed E-state index contributed by atoms with van der Waals surface area (Å²) in [5.41, 5.74) is 0.268. The van der Waals surface area contributed by atoms with Crippen molar-refractivity contribution in [2.45, 2.75) is 52.6 Å². The van der Waals surface area contributed by atoms with E-state index in [9.17, 15) is 0 Å². The lowest BCUT2D eigenvalue weighted by atomic mass is 10.0. The predicted molar refractivity (Wildman–Crippen MR) is 63.1 cm³/mol. The zero-order valence-electron chi connectivity index (χ0n) is 10.1. The van der Waals surface area contributed by atoms with Crippen LogP contribution in [0.1, 0.15) is 41.0 Å². The van der Waals surface area contributed by atoms with Gasteiger partial charge in [-0.05, 0) is 33.4 Å². The Morgan fingerprint density at radius 3 is 2.36 bits per heavy atom. The molecule has 0 aromatic carbocycles. The minimum absolute atomic E-state index is 0.268. The van der Waals surface area contributed by atoms with Crippen LogP contribution in [0.2, 0.25) is 0 Å². The summed E-state index contributed by atoms with van der Waals surface area (Å²) < 4.78 is 0. The summed E-state index contributed by atoms with van der Waals surface area (Å²) in [6.45, 7) is 10.8. The minimum atomic E-state index is 0.268. The van der Waals surface area contributed by atoms with Crippen molar-refractivity contribution in [2.24, 2.45) is 5.92 Å². The van der Waals surface area contributed by atoms with E-state index in [-0.39, 0.29) is 5.54 Å². The van der Waals surface area contributed by atoms with Gasteiger partial charge in [-0.1, -0.05) is 32.1 Å². The van der Waals surface area contributed by atoms with Crippen LogP contribution in [0, 0.1) is 5.92 Å². The van der Waals surface area contributed by atoms with E-state index in [1.54, 1.807) is 0 Å². The van der Waals surface area contributed by atoms with Gasteiger partial charge in [-0.15, -0.1) is 0 Å². The van der Waals surface area contributed by atoms with Gasteiger partial charge in [0.05, 0.1) is 6.04 Å². The van der Waals surface area contributed by atoms with Gasteiger partial charge < -0.3 is 4.90 Å². The quantitative estimate of drug-likeness (QED) is 0.531. The van der Waals surface area contributed by atoms with Crippen molar-refractivity contribution in [1.29, 1.82) is 0 Å². The van der Waals surface area contributed by atoms with Crippen molar-refractivity contribution in [3.63, 3.8) is 0 Å². The van der Waals surface area contributed by atoms with Gasteiger partial charge >= 0.3 is 0 Å². The molecular weight excluding hydrogens is 170 g/mol. The summed E-state index contributed by atoms with van der Waals surface area (Å²) in [7, 11) is 0. The van der Waals surface area contributed by atoms with E-state index >= 15 is 0 Å². The first-order valence-corrected chi connectivity index (χ1v) is 5.72. The molecule has 0 fully saturated rings. The lowest BCUT2D eigenvalue weighted by molar-refractivity contribution is 0.171. The third kappa shape index (κ3) is 2.02. The Bertz CT molecular complexity index is 232. The molecule has 1 aliphatic heterocycles. The van der Waals surface area contributed by atoms with Crippen LogP contribution in [0.3, 0.4) is 0 Å². The van der Waals surface area contributed by atoms with Crippen LogP contribution >= 0.6 is 0 Å². The van der Waals surface area contributed by atoms with Gasteiger partial charge in [0.25, 0.3) is 0 Å². The highest BCUT2D eigenvalue weighted by atomic mass is 15.2.